The Morgan fingerprint density at radius 2 is 2.44 bits per heavy atom. The topological polar surface area (TPSA) is 0 Å². The average molecular weight is 135 g/mol. The van der Waals surface area contributed by atoms with Crippen molar-refractivity contribution in [2.45, 2.75) is 25.3 Å². The highest BCUT2D eigenvalue weighted by molar-refractivity contribution is 6.08. The average Bonchev–Trinajstić information content (AvgIpc) is 2.34. The van der Waals surface area contributed by atoms with Crippen LogP contribution in [0.3, 0.4) is 0 Å². The third-order valence-electron chi connectivity index (χ3n) is 1.49. The van der Waals surface area contributed by atoms with Crippen molar-refractivity contribution >= 4 is 10.2 Å². The summed E-state index contributed by atoms with van der Waals surface area (Å²) in [6.45, 7) is 0. The van der Waals surface area contributed by atoms with Crippen molar-refractivity contribution in [2.75, 3.05) is 0 Å². The lowest BCUT2D eigenvalue weighted by atomic mass is 10.2. The van der Waals surface area contributed by atoms with Crippen molar-refractivity contribution in [3.63, 3.8) is 0 Å². The van der Waals surface area contributed by atoms with E-state index < -0.39 is 0 Å². The van der Waals surface area contributed by atoms with Crippen LogP contribution in [0.4, 0.5) is 0 Å². The maximum Gasteiger partial charge on any atom is 0.0222 e. The highest BCUT2D eigenvalue weighted by Gasteiger charge is 1.94. The van der Waals surface area contributed by atoms with Crippen LogP contribution in [0.5, 0.6) is 0 Å². The van der Waals surface area contributed by atoms with E-state index in [1.165, 1.54) is 18.4 Å². The lowest BCUT2D eigenvalue weighted by Crippen LogP contribution is -1.75. The molecule has 0 aromatic rings. The monoisotopic (exact) mass is 135 g/mol. The first kappa shape index (κ1) is 6.81. The molecule has 1 heteroatoms. The Morgan fingerprint density at radius 1 is 1.56 bits per heavy atom. The van der Waals surface area contributed by atoms with Gasteiger partial charge in [-0.05, 0) is 12.8 Å². The summed E-state index contributed by atoms with van der Waals surface area (Å²) in [6, 6.07) is 1.12. The molecule has 0 amide bonds. The molecular formula is C8H11Si. The van der Waals surface area contributed by atoms with E-state index >= 15 is 0 Å². The maximum atomic E-state index is 3.45. The van der Waals surface area contributed by atoms with Gasteiger partial charge in [0.2, 0.25) is 0 Å². The van der Waals surface area contributed by atoms with Gasteiger partial charge < -0.3 is 0 Å². The van der Waals surface area contributed by atoms with Gasteiger partial charge in [-0.25, -0.2) is 0 Å². The van der Waals surface area contributed by atoms with Gasteiger partial charge in [-0.3, -0.25) is 0 Å². The summed E-state index contributed by atoms with van der Waals surface area (Å²) in [7, 11) is 3.45. The molecule has 1 aliphatic rings. The van der Waals surface area contributed by atoms with Crippen molar-refractivity contribution in [3.05, 3.63) is 23.8 Å². The van der Waals surface area contributed by atoms with Crippen LogP contribution >= 0.6 is 0 Å². The standard InChI is InChI=1S/C8H11Si/c9-7-3-6-8-4-1-2-5-8/h1,4-5H,2-3,6-7H2. The molecule has 0 aliphatic heterocycles. The van der Waals surface area contributed by atoms with Crippen molar-refractivity contribution in [1.82, 2.24) is 0 Å². The molecule has 0 unspecified atom stereocenters. The van der Waals surface area contributed by atoms with E-state index in [0.29, 0.717) is 0 Å². The molecule has 3 radical (unpaired) electrons. The van der Waals surface area contributed by atoms with Crippen molar-refractivity contribution in [1.29, 1.82) is 0 Å². The minimum Gasteiger partial charge on any atom is -0.0805 e. The van der Waals surface area contributed by atoms with Gasteiger partial charge in [0.25, 0.3) is 0 Å². The molecule has 0 bridgehead atoms. The SMILES string of the molecule is [Si]CCCC1=CCC=C1. The fourth-order valence-electron chi connectivity index (χ4n) is 0.985. The van der Waals surface area contributed by atoms with Gasteiger partial charge >= 0.3 is 0 Å². The molecule has 0 spiro atoms. The first-order valence-electron chi connectivity index (χ1n) is 3.43. The van der Waals surface area contributed by atoms with Gasteiger partial charge in [-0.1, -0.05) is 36.3 Å². The Labute approximate surface area is 60.1 Å². The molecular weight excluding hydrogens is 124 g/mol. The molecule has 1 aliphatic carbocycles. The molecule has 1 rings (SSSR count). The second kappa shape index (κ2) is 3.67. The fourth-order valence-corrected chi connectivity index (χ4v) is 1.16. The smallest absolute Gasteiger partial charge is 0.0222 e. The minimum absolute atomic E-state index is 1.12. The summed E-state index contributed by atoms with van der Waals surface area (Å²) in [5.41, 5.74) is 1.51. The number of hydrogen-bond acceptors (Lipinski definition) is 0. The predicted molar refractivity (Wildman–Crippen MR) is 41.6 cm³/mol. The van der Waals surface area contributed by atoms with Gasteiger partial charge in [-0.2, -0.15) is 0 Å². The van der Waals surface area contributed by atoms with Gasteiger partial charge in [0.1, 0.15) is 0 Å². The molecule has 0 saturated heterocycles. The predicted octanol–water partition coefficient (Wildman–Crippen LogP) is 2.24. The zero-order valence-electron chi connectivity index (χ0n) is 5.56. The van der Waals surface area contributed by atoms with Crippen LogP contribution in [-0.4, -0.2) is 10.2 Å². The third-order valence-corrected chi connectivity index (χ3v) is 1.84. The van der Waals surface area contributed by atoms with Crippen LogP contribution in [0.1, 0.15) is 19.3 Å². The van der Waals surface area contributed by atoms with Crippen LogP contribution in [0, 0.1) is 0 Å². The lowest BCUT2D eigenvalue weighted by molar-refractivity contribution is 0.925. The summed E-state index contributed by atoms with van der Waals surface area (Å²) in [5, 5.41) is 0. The van der Waals surface area contributed by atoms with Crippen LogP contribution in [0.2, 0.25) is 6.04 Å². The summed E-state index contributed by atoms with van der Waals surface area (Å²) in [5.74, 6) is 0. The normalized spacial score (nSPS) is 16.3. The van der Waals surface area contributed by atoms with E-state index in [-0.39, 0.29) is 0 Å². The molecule has 0 heterocycles. The van der Waals surface area contributed by atoms with E-state index in [1.807, 2.05) is 0 Å². The summed E-state index contributed by atoms with van der Waals surface area (Å²) < 4.78 is 0. The van der Waals surface area contributed by atoms with Crippen LogP contribution in [-0.2, 0) is 0 Å². The Hall–Kier alpha value is -0.303. The van der Waals surface area contributed by atoms with Crippen molar-refractivity contribution in [2.24, 2.45) is 0 Å². The van der Waals surface area contributed by atoms with Crippen molar-refractivity contribution in [3.8, 4) is 0 Å². The van der Waals surface area contributed by atoms with Gasteiger partial charge in [0.05, 0.1) is 0 Å². The molecule has 0 saturated carbocycles. The number of hydrogen-bond donors (Lipinski definition) is 0. The van der Waals surface area contributed by atoms with Crippen LogP contribution < -0.4 is 0 Å². The molecule has 0 fully saturated rings. The zero-order chi connectivity index (χ0) is 6.53. The van der Waals surface area contributed by atoms with E-state index in [1.54, 1.807) is 0 Å². The minimum atomic E-state index is 1.12. The Morgan fingerprint density at radius 3 is 3.00 bits per heavy atom. The third kappa shape index (κ3) is 2.18. The van der Waals surface area contributed by atoms with E-state index in [2.05, 4.69) is 28.5 Å². The Balaban J connectivity index is 2.19. The Bertz CT molecular complexity index is 134. The van der Waals surface area contributed by atoms with E-state index in [0.717, 1.165) is 12.5 Å². The molecule has 0 nitrogen and oxygen atoms in total. The van der Waals surface area contributed by atoms with Gasteiger partial charge in [0, 0.05) is 10.2 Å². The Kier molecular flexibility index (Phi) is 2.78. The molecule has 0 aromatic heterocycles. The quantitative estimate of drug-likeness (QED) is 0.521. The lowest BCUT2D eigenvalue weighted by Gasteiger charge is -1.93. The van der Waals surface area contributed by atoms with Gasteiger partial charge in [0.15, 0.2) is 0 Å². The highest BCUT2D eigenvalue weighted by atomic mass is 28.1. The molecule has 0 aromatic carbocycles. The molecule has 0 N–H and O–H groups in total. The first-order valence-corrected chi connectivity index (χ1v) is 4.14. The molecule has 47 valence electrons. The summed E-state index contributed by atoms with van der Waals surface area (Å²) >= 11 is 0. The van der Waals surface area contributed by atoms with Crippen LogP contribution in [0.25, 0.3) is 0 Å². The highest BCUT2D eigenvalue weighted by Crippen LogP contribution is 2.14. The van der Waals surface area contributed by atoms with E-state index in [9.17, 15) is 0 Å². The molecule has 0 atom stereocenters. The van der Waals surface area contributed by atoms with Crippen molar-refractivity contribution < 1.29 is 0 Å². The number of rotatable bonds is 3. The second-order valence-corrected chi connectivity index (χ2v) is 2.77. The number of allylic oxidation sites excluding steroid dienone is 4. The van der Waals surface area contributed by atoms with Gasteiger partial charge in [-0.15, -0.1) is 0 Å². The second-order valence-electron chi connectivity index (χ2n) is 2.27. The largest absolute Gasteiger partial charge is 0.0805 e. The first-order chi connectivity index (χ1) is 4.43. The summed E-state index contributed by atoms with van der Waals surface area (Å²) in [6.07, 6.45) is 10.4. The summed E-state index contributed by atoms with van der Waals surface area (Å²) in [4.78, 5) is 0. The zero-order valence-corrected chi connectivity index (χ0v) is 6.56. The van der Waals surface area contributed by atoms with E-state index in [4.69, 9.17) is 0 Å². The maximum absolute atomic E-state index is 3.45. The fraction of sp³-hybridized carbons (Fsp3) is 0.500. The molecule has 9 heavy (non-hydrogen) atoms. The van der Waals surface area contributed by atoms with Crippen LogP contribution in [0.15, 0.2) is 23.8 Å².